The van der Waals surface area contributed by atoms with E-state index in [9.17, 15) is 0 Å². The van der Waals surface area contributed by atoms with Crippen molar-refractivity contribution in [3.05, 3.63) is 11.8 Å². The average molecular weight is 233 g/mol. The molecule has 0 spiro atoms. The number of rotatable bonds is 2. The maximum Gasteiger partial charge on any atom is 0.249 e. The summed E-state index contributed by atoms with van der Waals surface area (Å²) in [6.07, 6.45) is 2.39. The highest BCUT2D eigenvalue weighted by atomic mass is 16.5. The molecule has 1 aromatic rings. The van der Waals surface area contributed by atoms with Gasteiger partial charge in [-0.15, -0.1) is 10.2 Å². The van der Waals surface area contributed by atoms with E-state index >= 15 is 0 Å². The molecule has 2 aliphatic rings. The number of nitrogens with one attached hydrogen (secondary N) is 1. The summed E-state index contributed by atoms with van der Waals surface area (Å²) < 4.78 is 7.32. The van der Waals surface area contributed by atoms with Gasteiger partial charge in [-0.25, -0.2) is 4.68 Å². The third kappa shape index (κ3) is 2.01. The zero-order valence-electron chi connectivity index (χ0n) is 9.50. The second-order valence-electron chi connectivity index (χ2n) is 4.04. The number of anilines is 1. The van der Waals surface area contributed by atoms with Crippen LogP contribution in [0.15, 0.2) is 16.3 Å². The maximum atomic E-state index is 5.38. The monoisotopic (exact) mass is 233 g/mol. The van der Waals surface area contributed by atoms with Crippen molar-refractivity contribution in [2.45, 2.75) is 19.4 Å². The van der Waals surface area contributed by atoms with Crippen LogP contribution < -0.4 is 10.6 Å². The molecule has 1 N–H and O–H groups in total. The van der Waals surface area contributed by atoms with Crippen LogP contribution in [0.1, 0.15) is 18.2 Å². The fourth-order valence-electron chi connectivity index (χ4n) is 1.96. The molecule has 3 heterocycles. The number of nitrogens with zero attached hydrogens (tertiary/aromatic N) is 5. The molecule has 1 saturated heterocycles. The van der Waals surface area contributed by atoms with Crippen molar-refractivity contribution >= 4 is 18.1 Å². The van der Waals surface area contributed by atoms with Gasteiger partial charge in [-0.1, -0.05) is 0 Å². The Bertz CT molecular complexity index is 471. The Kier molecular flexibility index (Phi) is 2.52. The molecule has 1 aromatic heterocycles. The van der Waals surface area contributed by atoms with Crippen molar-refractivity contribution in [3.63, 3.8) is 0 Å². The van der Waals surface area contributed by atoms with Crippen LogP contribution in [-0.2, 0) is 4.74 Å². The number of hydrogen-bond acceptors (Lipinski definition) is 5. The molecule has 3 rings (SSSR count). The molecule has 89 valence electrons. The summed E-state index contributed by atoms with van der Waals surface area (Å²) in [6.45, 7) is 3.45. The first kappa shape index (κ1) is 10.3. The van der Waals surface area contributed by atoms with Crippen molar-refractivity contribution in [1.82, 2.24) is 15.1 Å². The van der Waals surface area contributed by atoms with E-state index in [1.807, 2.05) is 17.7 Å². The third-order valence-corrected chi connectivity index (χ3v) is 2.73. The summed E-state index contributed by atoms with van der Waals surface area (Å²) in [6, 6.07) is 2.25. The lowest BCUT2D eigenvalue weighted by molar-refractivity contribution is 0.185. The number of guanidine groups is 1. The van der Waals surface area contributed by atoms with Gasteiger partial charge in [0.15, 0.2) is 0 Å². The molecule has 0 aromatic carbocycles. The van der Waals surface area contributed by atoms with Gasteiger partial charge in [-0.05, 0) is 13.3 Å². The summed E-state index contributed by atoms with van der Waals surface area (Å²) in [5.74, 6) is 1.37. The zero-order chi connectivity index (χ0) is 11.7. The van der Waals surface area contributed by atoms with Crippen LogP contribution in [-0.4, -0.2) is 35.3 Å². The third-order valence-electron chi connectivity index (χ3n) is 2.73. The molecule has 2 aliphatic heterocycles. The van der Waals surface area contributed by atoms with Crippen molar-refractivity contribution in [1.29, 1.82) is 0 Å². The molecule has 1 unspecified atom stereocenters. The summed E-state index contributed by atoms with van der Waals surface area (Å²) in [5, 5.41) is 19.1. The van der Waals surface area contributed by atoms with E-state index in [0.29, 0.717) is 12.6 Å². The van der Waals surface area contributed by atoms with E-state index in [4.69, 9.17) is 4.74 Å². The van der Waals surface area contributed by atoms with Gasteiger partial charge in [0.2, 0.25) is 5.96 Å². The van der Waals surface area contributed by atoms with Crippen molar-refractivity contribution < 1.29 is 4.74 Å². The molecule has 0 saturated carbocycles. The summed E-state index contributed by atoms with van der Waals surface area (Å²) in [4.78, 5) is 0. The van der Waals surface area contributed by atoms with Crippen molar-refractivity contribution in [2.75, 3.05) is 18.5 Å². The van der Waals surface area contributed by atoms with E-state index < -0.39 is 0 Å². The van der Waals surface area contributed by atoms with Crippen LogP contribution in [0.4, 0.5) is 5.82 Å². The molecule has 0 amide bonds. The molecule has 17 heavy (non-hydrogen) atoms. The van der Waals surface area contributed by atoms with Crippen molar-refractivity contribution in [3.8, 4) is 0 Å². The van der Waals surface area contributed by atoms with E-state index in [1.54, 1.807) is 0 Å². The molecular formula is C10H13N6O. The first-order valence-electron chi connectivity index (χ1n) is 5.54. The fraction of sp³-hybridized carbons (Fsp3) is 0.500. The maximum absolute atomic E-state index is 5.38. The predicted molar refractivity (Wildman–Crippen MR) is 63.1 cm³/mol. The van der Waals surface area contributed by atoms with Crippen LogP contribution in [0.25, 0.3) is 0 Å². The molecular weight excluding hydrogens is 220 g/mol. The lowest BCUT2D eigenvalue weighted by atomic mass is 10.3. The van der Waals surface area contributed by atoms with Gasteiger partial charge in [0.25, 0.3) is 0 Å². The summed E-state index contributed by atoms with van der Waals surface area (Å²) in [7, 11) is 0. The minimum absolute atomic E-state index is 0.286. The first-order chi connectivity index (χ1) is 8.33. The van der Waals surface area contributed by atoms with Gasteiger partial charge in [0.05, 0.1) is 18.3 Å². The number of hydrogen-bond donors (Lipinski definition) is 1. The normalized spacial score (nSPS) is 22.6. The smallest absolute Gasteiger partial charge is 0.249 e. The number of ether oxygens (including phenoxy) is 1. The second kappa shape index (κ2) is 4.17. The van der Waals surface area contributed by atoms with Gasteiger partial charge < -0.3 is 10.1 Å². The molecule has 1 fully saturated rings. The predicted octanol–water partition coefficient (Wildman–Crippen LogP) is 0.482. The Morgan fingerprint density at radius 2 is 2.47 bits per heavy atom. The van der Waals surface area contributed by atoms with Gasteiger partial charge in [-0.2, -0.15) is 10.4 Å². The van der Waals surface area contributed by atoms with Gasteiger partial charge in [0, 0.05) is 12.7 Å². The summed E-state index contributed by atoms with van der Waals surface area (Å²) in [5.41, 5.74) is 0.957. The molecule has 7 heteroatoms. The highest BCUT2D eigenvalue weighted by Crippen LogP contribution is 2.23. The second-order valence-corrected chi connectivity index (χ2v) is 4.04. The zero-order valence-corrected chi connectivity index (χ0v) is 9.50. The molecule has 1 radical (unpaired) electrons. The SMILES string of the molecule is Cc1cc(NC2=NN=C[N]2)n(C2CCOC2)n1. The van der Waals surface area contributed by atoms with E-state index in [1.165, 1.54) is 6.34 Å². The Balaban J connectivity index is 1.82. The van der Waals surface area contributed by atoms with Gasteiger partial charge in [-0.3, -0.25) is 0 Å². The van der Waals surface area contributed by atoms with E-state index in [0.717, 1.165) is 24.5 Å². The van der Waals surface area contributed by atoms with Crippen LogP contribution in [0.2, 0.25) is 0 Å². The lowest BCUT2D eigenvalue weighted by Gasteiger charge is -2.13. The standard InChI is InChI=1S/C10H13N6O/c1-7-4-9(13-10-11-6-12-14-10)16(15-7)8-2-3-17-5-8/h4,6,8H,2-3,5H2,1H3,(H,13,14). The highest BCUT2D eigenvalue weighted by molar-refractivity contribution is 6.01. The Morgan fingerprint density at radius 1 is 1.53 bits per heavy atom. The first-order valence-corrected chi connectivity index (χ1v) is 5.54. The molecule has 7 nitrogen and oxygen atoms in total. The van der Waals surface area contributed by atoms with E-state index in [2.05, 4.69) is 25.9 Å². The van der Waals surface area contributed by atoms with Crippen LogP contribution in [0.3, 0.4) is 0 Å². The summed E-state index contributed by atoms with van der Waals surface area (Å²) >= 11 is 0. The topological polar surface area (TPSA) is 77.9 Å². The fourth-order valence-corrected chi connectivity index (χ4v) is 1.96. The highest BCUT2D eigenvalue weighted by Gasteiger charge is 2.22. The molecule has 1 atom stereocenters. The molecule has 0 bridgehead atoms. The van der Waals surface area contributed by atoms with Crippen LogP contribution in [0.5, 0.6) is 0 Å². The van der Waals surface area contributed by atoms with Crippen molar-refractivity contribution in [2.24, 2.45) is 10.2 Å². The van der Waals surface area contributed by atoms with Gasteiger partial charge in [0.1, 0.15) is 12.2 Å². The Labute approximate surface area is 98.6 Å². The van der Waals surface area contributed by atoms with Gasteiger partial charge >= 0.3 is 0 Å². The minimum atomic E-state index is 0.286. The van der Waals surface area contributed by atoms with E-state index in [-0.39, 0.29) is 6.04 Å². The lowest BCUT2D eigenvalue weighted by Crippen LogP contribution is -2.23. The Hall–Kier alpha value is -1.89. The Morgan fingerprint density at radius 3 is 3.18 bits per heavy atom. The average Bonchev–Trinajstić information content (AvgIpc) is 3.00. The van der Waals surface area contributed by atoms with Crippen LogP contribution in [0, 0.1) is 6.92 Å². The quantitative estimate of drug-likeness (QED) is 0.807. The number of aryl methyl sites for hydroxylation is 1. The number of aromatic nitrogens is 2. The minimum Gasteiger partial charge on any atom is -0.379 e. The van der Waals surface area contributed by atoms with Crippen LogP contribution >= 0.6 is 0 Å². The molecule has 0 aliphatic carbocycles. The largest absolute Gasteiger partial charge is 0.379 e.